The fourth-order valence-corrected chi connectivity index (χ4v) is 4.80. The molecule has 8 nitrogen and oxygen atoms in total. The fourth-order valence-electron chi connectivity index (χ4n) is 3.01. The lowest BCUT2D eigenvalue weighted by molar-refractivity contribution is 0.0464. The van der Waals surface area contributed by atoms with E-state index < -0.39 is 44.0 Å². The lowest BCUT2D eigenvalue weighted by Crippen LogP contribution is -2.16. The van der Waals surface area contributed by atoms with Crippen molar-refractivity contribution < 1.29 is 31.8 Å². The molecule has 156 valence electrons. The zero-order chi connectivity index (χ0) is 21.8. The van der Waals surface area contributed by atoms with Crippen molar-refractivity contribution in [3.8, 4) is 16.9 Å². The minimum atomic E-state index is -4.56. The van der Waals surface area contributed by atoms with Gasteiger partial charge in [0.1, 0.15) is 28.9 Å². The molecule has 1 aliphatic heterocycles. The van der Waals surface area contributed by atoms with Crippen LogP contribution >= 0.6 is 15.9 Å². The molecule has 30 heavy (non-hydrogen) atoms. The third kappa shape index (κ3) is 3.31. The molecular formula is C18H12BrF2N3O5S. The second kappa shape index (κ2) is 7.06. The number of cyclic esters (lactones) is 1. The summed E-state index contributed by atoms with van der Waals surface area (Å²) in [6.45, 7) is -0.315. The lowest BCUT2D eigenvalue weighted by atomic mass is 10.0. The summed E-state index contributed by atoms with van der Waals surface area (Å²) in [4.78, 5) is 11.8. The summed E-state index contributed by atoms with van der Waals surface area (Å²) in [7, 11) is -3.02. The van der Waals surface area contributed by atoms with E-state index in [1.165, 1.54) is 16.9 Å². The number of anilines is 1. The van der Waals surface area contributed by atoms with E-state index in [1.807, 2.05) is 4.72 Å². The predicted octanol–water partition coefficient (Wildman–Crippen LogP) is 3.30. The Hall–Kier alpha value is -2.99. The average molecular weight is 500 g/mol. The van der Waals surface area contributed by atoms with Crippen LogP contribution in [0.3, 0.4) is 0 Å². The van der Waals surface area contributed by atoms with Gasteiger partial charge in [0.2, 0.25) is 0 Å². The molecule has 1 aliphatic rings. The molecule has 12 heteroatoms. The fraction of sp³-hybridized carbons (Fsp3) is 0.111. The number of halogens is 3. The zero-order valence-electron chi connectivity index (χ0n) is 15.1. The number of benzene rings is 2. The van der Waals surface area contributed by atoms with Gasteiger partial charge in [0, 0.05) is 24.2 Å². The summed E-state index contributed by atoms with van der Waals surface area (Å²) >= 11 is 2.99. The minimum absolute atomic E-state index is 0.0892. The van der Waals surface area contributed by atoms with Crippen LogP contribution < -0.4 is 4.72 Å². The third-order valence-electron chi connectivity index (χ3n) is 4.55. The zero-order valence-corrected chi connectivity index (χ0v) is 17.5. The van der Waals surface area contributed by atoms with Crippen LogP contribution in [0.5, 0.6) is 5.75 Å². The van der Waals surface area contributed by atoms with Crippen LogP contribution in [0.15, 0.2) is 39.8 Å². The highest BCUT2D eigenvalue weighted by Crippen LogP contribution is 2.36. The number of ether oxygens (including phenoxy) is 1. The van der Waals surface area contributed by atoms with Crippen LogP contribution in [0, 0.1) is 11.6 Å². The molecule has 0 saturated heterocycles. The van der Waals surface area contributed by atoms with Crippen LogP contribution in [0.2, 0.25) is 0 Å². The number of phenols is 1. The molecule has 3 aromatic rings. The van der Waals surface area contributed by atoms with E-state index in [1.54, 1.807) is 7.05 Å². The van der Waals surface area contributed by atoms with Crippen molar-refractivity contribution in [3.63, 3.8) is 0 Å². The molecule has 0 saturated carbocycles. The number of phenolic OH excluding ortho intramolecular Hbond substituents is 1. The van der Waals surface area contributed by atoms with Crippen molar-refractivity contribution in [2.24, 2.45) is 7.05 Å². The van der Waals surface area contributed by atoms with Crippen molar-refractivity contribution in [1.29, 1.82) is 0 Å². The third-order valence-corrected chi connectivity index (χ3v) is 6.53. The number of carbonyl (C=O) groups is 1. The van der Waals surface area contributed by atoms with Crippen molar-refractivity contribution >= 4 is 37.6 Å². The van der Waals surface area contributed by atoms with Crippen LogP contribution in [0.25, 0.3) is 11.1 Å². The number of nitrogens with one attached hydrogen (secondary N) is 1. The Labute approximate surface area is 177 Å². The Bertz CT molecular complexity index is 1320. The summed E-state index contributed by atoms with van der Waals surface area (Å²) in [5.74, 6) is -3.71. The lowest BCUT2D eigenvalue weighted by Gasteiger charge is -2.13. The molecular weight excluding hydrogens is 488 g/mol. The second-order valence-electron chi connectivity index (χ2n) is 6.43. The molecule has 0 aliphatic carbocycles. The second-order valence-corrected chi connectivity index (χ2v) is 8.93. The minimum Gasteiger partial charge on any atom is -0.505 e. The van der Waals surface area contributed by atoms with Gasteiger partial charge in [-0.1, -0.05) is 0 Å². The Morgan fingerprint density at radius 2 is 1.93 bits per heavy atom. The maximum atomic E-state index is 14.5. The van der Waals surface area contributed by atoms with Gasteiger partial charge in [-0.25, -0.2) is 22.0 Å². The predicted molar refractivity (Wildman–Crippen MR) is 104 cm³/mol. The highest BCUT2D eigenvalue weighted by molar-refractivity contribution is 9.10. The van der Waals surface area contributed by atoms with Crippen molar-refractivity contribution in [2.45, 2.75) is 11.5 Å². The number of sulfonamides is 1. The molecule has 0 radical (unpaired) electrons. The van der Waals surface area contributed by atoms with E-state index in [4.69, 9.17) is 4.74 Å². The van der Waals surface area contributed by atoms with E-state index >= 15 is 0 Å². The largest absolute Gasteiger partial charge is 0.505 e. The van der Waals surface area contributed by atoms with Gasteiger partial charge in [-0.3, -0.25) is 9.40 Å². The van der Waals surface area contributed by atoms with Gasteiger partial charge < -0.3 is 9.84 Å². The summed E-state index contributed by atoms with van der Waals surface area (Å²) < 4.78 is 63.0. The molecule has 2 aromatic carbocycles. The van der Waals surface area contributed by atoms with Gasteiger partial charge in [0.05, 0.1) is 27.6 Å². The van der Waals surface area contributed by atoms with Crippen LogP contribution in [0.1, 0.15) is 16.1 Å². The quantitative estimate of drug-likeness (QED) is 0.459. The molecule has 0 unspecified atom stereocenters. The molecule has 2 heterocycles. The van der Waals surface area contributed by atoms with Crippen molar-refractivity contribution in [3.05, 3.63) is 57.8 Å². The van der Waals surface area contributed by atoms with Gasteiger partial charge in [-0.05, 0) is 34.1 Å². The first-order chi connectivity index (χ1) is 14.1. The SMILES string of the molecule is Cn1ncc2c1COC(=O)c1cc(Br)c(O)c(c1)S(=O)(=O)Nc1cc-2c(F)cc1F. The Balaban J connectivity index is 2.02. The average Bonchev–Trinajstić information content (AvgIpc) is 3.03. The van der Waals surface area contributed by atoms with Crippen LogP contribution in [-0.4, -0.2) is 29.3 Å². The highest BCUT2D eigenvalue weighted by Gasteiger charge is 2.27. The smallest absolute Gasteiger partial charge is 0.338 e. The van der Waals surface area contributed by atoms with Gasteiger partial charge in [0.15, 0.2) is 0 Å². The molecule has 1 aromatic heterocycles. The Morgan fingerprint density at radius 3 is 2.67 bits per heavy atom. The monoisotopic (exact) mass is 499 g/mol. The molecule has 4 bridgehead atoms. The van der Waals surface area contributed by atoms with E-state index in [-0.39, 0.29) is 27.8 Å². The van der Waals surface area contributed by atoms with Crippen molar-refractivity contribution in [1.82, 2.24) is 9.78 Å². The van der Waals surface area contributed by atoms with Crippen molar-refractivity contribution in [2.75, 3.05) is 4.72 Å². The normalized spacial score (nSPS) is 15.1. The molecule has 0 fully saturated rings. The van der Waals surface area contributed by atoms with Gasteiger partial charge in [-0.2, -0.15) is 5.10 Å². The van der Waals surface area contributed by atoms with E-state index in [0.29, 0.717) is 11.8 Å². The maximum Gasteiger partial charge on any atom is 0.338 e. The Morgan fingerprint density at radius 1 is 1.20 bits per heavy atom. The Kier molecular flexibility index (Phi) is 4.77. The number of rotatable bonds is 0. The van der Waals surface area contributed by atoms with Gasteiger partial charge in [0.25, 0.3) is 10.0 Å². The number of esters is 1. The number of nitrogens with zero attached hydrogens (tertiary/aromatic N) is 2. The van der Waals surface area contributed by atoms with Crippen LogP contribution in [-0.2, 0) is 28.4 Å². The first-order valence-corrected chi connectivity index (χ1v) is 10.6. The number of hydrogen-bond acceptors (Lipinski definition) is 6. The van der Waals surface area contributed by atoms with E-state index in [0.717, 1.165) is 12.1 Å². The topological polar surface area (TPSA) is 111 Å². The number of aryl methyl sites for hydroxylation is 1. The molecule has 2 N–H and O–H groups in total. The van der Waals surface area contributed by atoms with E-state index in [9.17, 15) is 27.1 Å². The van der Waals surface area contributed by atoms with E-state index in [2.05, 4.69) is 21.0 Å². The number of aromatic hydroxyl groups is 1. The molecule has 0 spiro atoms. The first-order valence-electron chi connectivity index (χ1n) is 8.31. The summed E-state index contributed by atoms with van der Waals surface area (Å²) in [6.07, 6.45) is 1.29. The first kappa shape index (κ1) is 20.3. The van der Waals surface area contributed by atoms with Gasteiger partial charge >= 0.3 is 5.97 Å². The van der Waals surface area contributed by atoms with Gasteiger partial charge in [-0.15, -0.1) is 0 Å². The summed E-state index contributed by atoms with van der Waals surface area (Å²) in [6, 6.07) is 3.58. The molecule has 4 rings (SSSR count). The standard InChI is InChI=1S/C18H12BrF2N3O5S/c1-24-15-7-29-18(26)8-2-11(19)17(25)16(3-8)30(27,28)23-14-4-9(10(15)6-22-24)12(20)5-13(14)21/h2-6,23,25H,7H2,1H3. The maximum absolute atomic E-state index is 14.5. The summed E-state index contributed by atoms with van der Waals surface area (Å²) in [5, 5.41) is 14.2. The van der Waals surface area contributed by atoms with Crippen LogP contribution in [0.4, 0.5) is 14.5 Å². The summed E-state index contributed by atoms with van der Waals surface area (Å²) in [5.41, 5.74) is -0.377. The number of carbonyl (C=O) groups excluding carboxylic acids is 1. The molecule has 0 amide bonds. The molecule has 0 atom stereocenters. The number of aromatic nitrogens is 2. The highest BCUT2D eigenvalue weighted by atomic mass is 79.9. The number of fused-ring (bicyclic) bond motifs is 6. The number of hydrogen-bond donors (Lipinski definition) is 2.